The molecule has 0 aliphatic carbocycles. The average Bonchev–Trinajstić information content (AvgIpc) is 2.47. The lowest BCUT2D eigenvalue weighted by atomic mass is 10.1. The third-order valence-corrected chi connectivity index (χ3v) is 3.17. The maximum atomic E-state index is 12.2. The fourth-order valence-corrected chi connectivity index (χ4v) is 2.08. The number of cyclic esters (lactones) is 1. The number of nitrogens with one attached hydrogen (secondary N) is 1. The van der Waals surface area contributed by atoms with Gasteiger partial charge in [0, 0.05) is 19.6 Å². The summed E-state index contributed by atoms with van der Waals surface area (Å²) in [6.45, 7) is 10.1. The first-order valence-electron chi connectivity index (χ1n) is 8.12. The molecule has 7 nitrogen and oxygen atoms in total. The number of ether oxygens (including phenoxy) is 4. The second-order valence-electron chi connectivity index (χ2n) is 6.61. The normalized spacial score (nSPS) is 26.5. The minimum absolute atomic E-state index is 0.0469. The molecule has 23 heavy (non-hydrogen) atoms. The number of carbonyl (C=O) groups is 2. The number of hydrogen-bond donors (Lipinski definition) is 1. The van der Waals surface area contributed by atoms with Crippen LogP contribution in [0.5, 0.6) is 0 Å². The minimum Gasteiger partial charge on any atom is -0.458 e. The molecule has 0 aromatic heterocycles. The highest BCUT2D eigenvalue weighted by atomic mass is 16.6. The van der Waals surface area contributed by atoms with Crippen LogP contribution in [0, 0.1) is 0 Å². The van der Waals surface area contributed by atoms with E-state index in [-0.39, 0.29) is 12.7 Å². The highest BCUT2D eigenvalue weighted by Crippen LogP contribution is 2.13. The van der Waals surface area contributed by atoms with Gasteiger partial charge in [-0.1, -0.05) is 6.92 Å². The molecule has 0 bridgehead atoms. The molecule has 134 valence electrons. The molecule has 1 aliphatic heterocycles. The number of carbonyl (C=O) groups excluding carboxylic acids is 2. The quantitative estimate of drug-likeness (QED) is 0.794. The molecule has 1 rings (SSSR count). The summed E-state index contributed by atoms with van der Waals surface area (Å²) >= 11 is 0. The zero-order valence-electron chi connectivity index (χ0n) is 14.7. The Morgan fingerprint density at radius 3 is 2.70 bits per heavy atom. The highest BCUT2D eigenvalue weighted by Gasteiger charge is 2.31. The number of alkyl carbamates (subject to hydrolysis) is 1. The van der Waals surface area contributed by atoms with E-state index in [9.17, 15) is 9.59 Å². The van der Waals surface area contributed by atoms with Crippen molar-refractivity contribution in [3.8, 4) is 0 Å². The van der Waals surface area contributed by atoms with Crippen LogP contribution in [0.4, 0.5) is 4.79 Å². The molecule has 1 aliphatic rings. The maximum Gasteiger partial charge on any atom is 0.408 e. The summed E-state index contributed by atoms with van der Waals surface area (Å²) in [6, 6.07) is -0.891. The molecule has 0 radical (unpaired) electrons. The van der Waals surface area contributed by atoms with Crippen LogP contribution in [0.25, 0.3) is 0 Å². The fraction of sp³-hybridized carbons (Fsp3) is 0.875. The summed E-state index contributed by atoms with van der Waals surface area (Å²) in [6.07, 6.45) is 0.237. The van der Waals surface area contributed by atoms with E-state index in [2.05, 4.69) is 5.32 Å². The van der Waals surface area contributed by atoms with Crippen molar-refractivity contribution < 1.29 is 28.5 Å². The van der Waals surface area contributed by atoms with Crippen LogP contribution in [0.15, 0.2) is 0 Å². The predicted molar refractivity (Wildman–Crippen MR) is 84.2 cm³/mol. The Morgan fingerprint density at radius 1 is 1.39 bits per heavy atom. The van der Waals surface area contributed by atoms with Crippen LogP contribution < -0.4 is 5.32 Å². The standard InChI is InChI=1S/C16H29NO6/c1-6-8-21-13-7-9-20-10-12(14(18)22-11(13)2)17-15(19)23-16(3,4)5/h11-13H,6-10H2,1-5H3,(H,17,19)/t11-,12-,13+/m0/s1. The Bertz CT molecular complexity index is 393. The average molecular weight is 331 g/mol. The van der Waals surface area contributed by atoms with Crippen molar-refractivity contribution in [3.05, 3.63) is 0 Å². The van der Waals surface area contributed by atoms with Gasteiger partial charge in [-0.05, 0) is 34.1 Å². The first-order valence-corrected chi connectivity index (χ1v) is 8.12. The van der Waals surface area contributed by atoms with Crippen molar-refractivity contribution in [2.75, 3.05) is 19.8 Å². The van der Waals surface area contributed by atoms with E-state index in [1.807, 2.05) is 6.92 Å². The Hall–Kier alpha value is -1.34. The first-order chi connectivity index (χ1) is 10.7. The van der Waals surface area contributed by atoms with Crippen LogP contribution in [-0.2, 0) is 23.7 Å². The molecule has 1 N–H and O–H groups in total. The van der Waals surface area contributed by atoms with E-state index in [0.717, 1.165) is 6.42 Å². The molecule has 7 heteroatoms. The van der Waals surface area contributed by atoms with E-state index in [0.29, 0.717) is 19.6 Å². The molecule has 1 amide bonds. The maximum absolute atomic E-state index is 12.2. The van der Waals surface area contributed by atoms with Crippen LogP contribution in [0.3, 0.4) is 0 Å². The summed E-state index contributed by atoms with van der Waals surface area (Å²) in [5, 5.41) is 2.50. The lowest BCUT2D eigenvalue weighted by Crippen LogP contribution is -2.47. The van der Waals surface area contributed by atoms with Crippen molar-refractivity contribution in [2.45, 2.75) is 71.3 Å². The fourth-order valence-electron chi connectivity index (χ4n) is 2.08. The van der Waals surface area contributed by atoms with Gasteiger partial charge in [0.2, 0.25) is 0 Å². The molecular formula is C16H29NO6. The number of hydrogen-bond acceptors (Lipinski definition) is 6. The second kappa shape index (κ2) is 9.08. The number of esters is 1. The smallest absolute Gasteiger partial charge is 0.408 e. The topological polar surface area (TPSA) is 83.1 Å². The molecule has 3 atom stereocenters. The van der Waals surface area contributed by atoms with Gasteiger partial charge >= 0.3 is 12.1 Å². The van der Waals surface area contributed by atoms with Crippen molar-refractivity contribution >= 4 is 12.1 Å². The molecule has 0 aromatic carbocycles. The Balaban J connectivity index is 2.63. The van der Waals surface area contributed by atoms with Crippen LogP contribution in [0.1, 0.15) is 47.5 Å². The molecule has 1 saturated heterocycles. The summed E-state index contributed by atoms with van der Waals surface area (Å²) in [5.41, 5.74) is -0.639. The van der Waals surface area contributed by atoms with Crippen molar-refractivity contribution in [3.63, 3.8) is 0 Å². The van der Waals surface area contributed by atoms with E-state index in [4.69, 9.17) is 18.9 Å². The number of rotatable bonds is 4. The van der Waals surface area contributed by atoms with Gasteiger partial charge in [-0.15, -0.1) is 0 Å². The first kappa shape index (κ1) is 19.7. The lowest BCUT2D eigenvalue weighted by Gasteiger charge is -2.25. The molecule has 1 heterocycles. The van der Waals surface area contributed by atoms with Gasteiger partial charge < -0.3 is 24.3 Å². The SMILES string of the molecule is CCCO[C@@H]1CCOC[C@H](NC(=O)OC(C)(C)C)C(=O)O[C@H]1C. The molecule has 1 fully saturated rings. The van der Waals surface area contributed by atoms with Crippen LogP contribution in [-0.4, -0.2) is 55.7 Å². The molecule has 0 unspecified atom stereocenters. The molecule has 0 saturated carbocycles. The molecular weight excluding hydrogens is 302 g/mol. The third-order valence-electron chi connectivity index (χ3n) is 3.17. The molecule has 0 spiro atoms. The van der Waals surface area contributed by atoms with Crippen molar-refractivity contribution in [1.82, 2.24) is 5.32 Å². The lowest BCUT2D eigenvalue weighted by molar-refractivity contribution is -0.158. The van der Waals surface area contributed by atoms with E-state index in [1.54, 1.807) is 27.7 Å². The highest BCUT2D eigenvalue weighted by molar-refractivity contribution is 5.81. The molecule has 0 aromatic rings. The van der Waals surface area contributed by atoms with Crippen LogP contribution >= 0.6 is 0 Å². The van der Waals surface area contributed by atoms with Gasteiger partial charge in [0.15, 0.2) is 6.04 Å². The van der Waals surface area contributed by atoms with E-state index >= 15 is 0 Å². The van der Waals surface area contributed by atoms with Crippen molar-refractivity contribution in [2.24, 2.45) is 0 Å². The van der Waals surface area contributed by atoms with Crippen LogP contribution in [0.2, 0.25) is 0 Å². The van der Waals surface area contributed by atoms with E-state index in [1.165, 1.54) is 0 Å². The second-order valence-corrected chi connectivity index (χ2v) is 6.61. The third kappa shape index (κ3) is 7.65. The summed E-state index contributed by atoms with van der Waals surface area (Å²) < 4.78 is 21.7. The monoisotopic (exact) mass is 331 g/mol. The zero-order chi connectivity index (χ0) is 17.5. The minimum atomic E-state index is -0.891. The Labute approximate surface area is 138 Å². The summed E-state index contributed by atoms with van der Waals surface area (Å²) in [7, 11) is 0. The number of amides is 1. The Kier molecular flexibility index (Phi) is 7.78. The Morgan fingerprint density at radius 2 is 2.09 bits per heavy atom. The largest absolute Gasteiger partial charge is 0.458 e. The van der Waals surface area contributed by atoms with Gasteiger partial charge in [0.25, 0.3) is 0 Å². The van der Waals surface area contributed by atoms with Gasteiger partial charge in [0.1, 0.15) is 11.7 Å². The van der Waals surface area contributed by atoms with Gasteiger partial charge in [-0.25, -0.2) is 9.59 Å². The van der Waals surface area contributed by atoms with Gasteiger partial charge in [0.05, 0.1) is 12.7 Å². The predicted octanol–water partition coefficient (Wildman–Crippen LogP) is 2.03. The van der Waals surface area contributed by atoms with Gasteiger partial charge in [-0.2, -0.15) is 0 Å². The van der Waals surface area contributed by atoms with Gasteiger partial charge in [-0.3, -0.25) is 0 Å². The van der Waals surface area contributed by atoms with E-state index < -0.39 is 29.8 Å². The summed E-state index contributed by atoms with van der Waals surface area (Å²) in [5.74, 6) is -0.546. The zero-order valence-corrected chi connectivity index (χ0v) is 14.7. The van der Waals surface area contributed by atoms with Crippen molar-refractivity contribution in [1.29, 1.82) is 0 Å². The summed E-state index contributed by atoms with van der Waals surface area (Å²) in [4.78, 5) is 24.0.